The summed E-state index contributed by atoms with van der Waals surface area (Å²) in [6.45, 7) is 1.62. The molecule has 5 nitrogen and oxygen atoms in total. The zero-order chi connectivity index (χ0) is 14.7. The lowest BCUT2D eigenvalue weighted by Gasteiger charge is -2.34. The Morgan fingerprint density at radius 1 is 1.25 bits per heavy atom. The maximum Gasteiger partial charge on any atom is 0.225 e. The topological polar surface area (TPSA) is 52.7 Å². The Morgan fingerprint density at radius 2 is 1.90 bits per heavy atom. The number of carbonyl (C=O) groups is 2. The minimum atomic E-state index is -0.142. The molecule has 0 aromatic carbocycles. The van der Waals surface area contributed by atoms with Crippen molar-refractivity contribution in [3.8, 4) is 0 Å². The molecule has 1 saturated carbocycles. The van der Waals surface area contributed by atoms with E-state index in [0.29, 0.717) is 6.04 Å². The predicted molar refractivity (Wildman–Crippen MR) is 80.6 cm³/mol. The Labute approximate surface area is 124 Å². The van der Waals surface area contributed by atoms with Crippen molar-refractivity contribution in [2.75, 3.05) is 14.1 Å². The minimum absolute atomic E-state index is 0.142. The van der Waals surface area contributed by atoms with Crippen LogP contribution in [-0.4, -0.2) is 47.1 Å². The van der Waals surface area contributed by atoms with Crippen LogP contribution >= 0.6 is 11.8 Å². The minimum Gasteiger partial charge on any atom is -0.349 e. The molecular formula is C14H23N3O2S. The third-order valence-corrected chi connectivity index (χ3v) is 4.97. The van der Waals surface area contributed by atoms with Gasteiger partial charge in [-0.25, -0.2) is 5.43 Å². The van der Waals surface area contributed by atoms with Gasteiger partial charge in [0.25, 0.3) is 0 Å². The van der Waals surface area contributed by atoms with E-state index in [-0.39, 0.29) is 23.0 Å². The number of ketones is 1. The first-order valence-electron chi connectivity index (χ1n) is 7.07. The summed E-state index contributed by atoms with van der Waals surface area (Å²) in [5.41, 5.74) is 3.42. The number of hydrogen-bond donors (Lipinski definition) is 1. The van der Waals surface area contributed by atoms with Crippen LogP contribution in [0.4, 0.5) is 0 Å². The van der Waals surface area contributed by atoms with E-state index in [2.05, 4.69) is 5.43 Å². The Kier molecular flexibility index (Phi) is 5.10. The zero-order valence-corrected chi connectivity index (χ0v) is 13.2. The summed E-state index contributed by atoms with van der Waals surface area (Å²) in [6.07, 6.45) is 5.72. The Hall–Kier alpha value is -1.01. The van der Waals surface area contributed by atoms with E-state index in [4.69, 9.17) is 0 Å². The summed E-state index contributed by atoms with van der Waals surface area (Å²) >= 11 is 1.53. The molecule has 0 bridgehead atoms. The fourth-order valence-corrected chi connectivity index (χ4v) is 3.57. The number of hydrazine groups is 1. The molecule has 2 aliphatic rings. The van der Waals surface area contributed by atoms with Crippen LogP contribution in [0.5, 0.6) is 0 Å². The van der Waals surface area contributed by atoms with Crippen molar-refractivity contribution < 1.29 is 9.59 Å². The highest BCUT2D eigenvalue weighted by Crippen LogP contribution is 2.28. The van der Waals surface area contributed by atoms with Crippen molar-refractivity contribution in [3.05, 3.63) is 11.6 Å². The molecule has 0 aromatic heterocycles. The van der Waals surface area contributed by atoms with Crippen LogP contribution in [0.25, 0.3) is 0 Å². The maximum absolute atomic E-state index is 11.9. The largest absolute Gasteiger partial charge is 0.349 e. The van der Waals surface area contributed by atoms with E-state index in [1.807, 2.05) is 30.7 Å². The average molecular weight is 297 g/mol. The SMILES string of the molecule is CC(=O)C1SC=CN1NC1CCC(C(=O)N(C)C)CC1. The summed E-state index contributed by atoms with van der Waals surface area (Å²) in [7, 11) is 3.63. The highest BCUT2D eigenvalue weighted by molar-refractivity contribution is 8.03. The van der Waals surface area contributed by atoms with Gasteiger partial charge in [0, 0.05) is 32.3 Å². The maximum atomic E-state index is 11.9. The van der Waals surface area contributed by atoms with Crippen LogP contribution in [-0.2, 0) is 9.59 Å². The van der Waals surface area contributed by atoms with Gasteiger partial charge < -0.3 is 4.90 Å². The van der Waals surface area contributed by atoms with Crippen LogP contribution in [0.1, 0.15) is 32.6 Å². The molecule has 1 atom stereocenters. The van der Waals surface area contributed by atoms with Gasteiger partial charge >= 0.3 is 0 Å². The normalized spacial score (nSPS) is 29.6. The van der Waals surface area contributed by atoms with Crippen molar-refractivity contribution in [1.29, 1.82) is 0 Å². The van der Waals surface area contributed by atoms with E-state index in [9.17, 15) is 9.59 Å². The third kappa shape index (κ3) is 3.55. The average Bonchev–Trinajstić information content (AvgIpc) is 2.87. The third-order valence-electron chi connectivity index (χ3n) is 3.88. The number of Topliss-reactive ketones (excluding diaryl/α,β-unsaturated/α-hetero) is 1. The predicted octanol–water partition coefficient (Wildman–Crippen LogP) is 1.57. The van der Waals surface area contributed by atoms with E-state index < -0.39 is 0 Å². The second-order valence-corrected chi connectivity index (χ2v) is 6.69. The monoisotopic (exact) mass is 297 g/mol. The summed E-state index contributed by atoms with van der Waals surface area (Å²) < 4.78 is 0. The number of amides is 1. The first-order chi connectivity index (χ1) is 9.49. The molecule has 1 heterocycles. The van der Waals surface area contributed by atoms with Gasteiger partial charge in [-0.2, -0.15) is 0 Å². The smallest absolute Gasteiger partial charge is 0.225 e. The second kappa shape index (κ2) is 6.63. The van der Waals surface area contributed by atoms with Gasteiger partial charge in [0.2, 0.25) is 5.91 Å². The number of hydrogen-bond acceptors (Lipinski definition) is 5. The lowest BCUT2D eigenvalue weighted by molar-refractivity contribution is -0.134. The van der Waals surface area contributed by atoms with Crippen LogP contribution in [0, 0.1) is 5.92 Å². The van der Waals surface area contributed by atoms with Crippen molar-refractivity contribution in [3.63, 3.8) is 0 Å². The number of nitrogens with one attached hydrogen (secondary N) is 1. The molecule has 112 valence electrons. The molecule has 1 unspecified atom stereocenters. The zero-order valence-electron chi connectivity index (χ0n) is 12.3. The van der Waals surface area contributed by atoms with Crippen LogP contribution in [0.2, 0.25) is 0 Å². The quantitative estimate of drug-likeness (QED) is 0.854. The van der Waals surface area contributed by atoms with Crippen LogP contribution < -0.4 is 5.43 Å². The lowest BCUT2D eigenvalue weighted by atomic mass is 9.85. The number of rotatable bonds is 4. The lowest BCUT2D eigenvalue weighted by Crippen LogP contribution is -2.48. The van der Waals surface area contributed by atoms with Gasteiger partial charge in [0.15, 0.2) is 11.2 Å². The summed E-state index contributed by atoms with van der Waals surface area (Å²) in [4.78, 5) is 25.1. The van der Waals surface area contributed by atoms with Gasteiger partial charge in [-0.1, -0.05) is 11.8 Å². The van der Waals surface area contributed by atoms with Crippen molar-refractivity contribution in [1.82, 2.24) is 15.3 Å². The second-order valence-electron chi connectivity index (χ2n) is 5.70. The standard InChI is InChI=1S/C14H23N3O2S/c1-10(18)14-17(8-9-20-14)15-12-6-4-11(5-7-12)13(19)16(2)3/h8-9,11-12,14-15H,4-7H2,1-3H3. The van der Waals surface area contributed by atoms with Crippen LogP contribution in [0.15, 0.2) is 11.6 Å². The molecule has 1 amide bonds. The van der Waals surface area contributed by atoms with Gasteiger partial charge in [-0.05, 0) is 38.0 Å². The molecule has 2 rings (SSSR count). The molecular weight excluding hydrogens is 274 g/mol. The van der Waals surface area contributed by atoms with Crippen molar-refractivity contribution in [2.45, 2.75) is 44.0 Å². The number of nitrogens with zero attached hydrogens (tertiary/aromatic N) is 2. The fourth-order valence-electron chi connectivity index (χ4n) is 2.77. The molecule has 1 aliphatic carbocycles. The molecule has 1 fully saturated rings. The van der Waals surface area contributed by atoms with Crippen LogP contribution in [0.3, 0.4) is 0 Å². The highest BCUT2D eigenvalue weighted by atomic mass is 32.2. The Morgan fingerprint density at radius 3 is 2.45 bits per heavy atom. The van der Waals surface area contributed by atoms with E-state index in [0.717, 1.165) is 25.7 Å². The molecule has 6 heteroatoms. The van der Waals surface area contributed by atoms with E-state index >= 15 is 0 Å². The summed E-state index contributed by atoms with van der Waals surface area (Å²) in [6, 6.07) is 0.353. The molecule has 0 saturated heterocycles. The summed E-state index contributed by atoms with van der Waals surface area (Å²) in [5.74, 6) is 0.556. The van der Waals surface area contributed by atoms with E-state index in [1.54, 1.807) is 11.8 Å². The first kappa shape index (κ1) is 15.4. The molecule has 1 N–H and O–H groups in total. The number of thioether (sulfide) groups is 1. The summed E-state index contributed by atoms with van der Waals surface area (Å²) in [5, 5.41) is 3.71. The Balaban J connectivity index is 1.81. The van der Waals surface area contributed by atoms with Crippen molar-refractivity contribution >= 4 is 23.5 Å². The molecule has 0 radical (unpaired) electrons. The van der Waals surface area contributed by atoms with Gasteiger partial charge in [-0.3, -0.25) is 14.6 Å². The molecule has 0 spiro atoms. The highest BCUT2D eigenvalue weighted by Gasteiger charge is 2.30. The van der Waals surface area contributed by atoms with Gasteiger partial charge in [0.05, 0.1) is 0 Å². The number of carbonyl (C=O) groups excluding carboxylic acids is 2. The first-order valence-corrected chi connectivity index (χ1v) is 8.01. The fraction of sp³-hybridized carbons (Fsp3) is 0.714. The van der Waals surface area contributed by atoms with E-state index in [1.165, 1.54) is 11.8 Å². The molecule has 1 aliphatic heterocycles. The van der Waals surface area contributed by atoms with Gasteiger partial charge in [0.1, 0.15) is 0 Å². The van der Waals surface area contributed by atoms with Gasteiger partial charge in [-0.15, -0.1) is 0 Å². The Bertz CT molecular complexity index is 403. The molecule has 0 aromatic rings. The molecule has 20 heavy (non-hydrogen) atoms. The van der Waals surface area contributed by atoms with Crippen molar-refractivity contribution in [2.24, 2.45) is 5.92 Å².